The number of amides is 1. The van der Waals surface area contributed by atoms with Crippen molar-refractivity contribution in [2.24, 2.45) is 0 Å². The highest BCUT2D eigenvalue weighted by atomic mass is 16.6. The number of nitrogens with one attached hydrogen (secondary N) is 1. The summed E-state index contributed by atoms with van der Waals surface area (Å²) in [4.78, 5) is 22.9. The van der Waals surface area contributed by atoms with Crippen LogP contribution in [0, 0.1) is 24.0 Å². The first-order valence-corrected chi connectivity index (χ1v) is 8.72. The van der Waals surface area contributed by atoms with Crippen LogP contribution in [0.4, 0.5) is 11.4 Å². The van der Waals surface area contributed by atoms with E-state index in [-0.39, 0.29) is 23.8 Å². The summed E-state index contributed by atoms with van der Waals surface area (Å²) in [5.74, 6) is 0.559. The van der Waals surface area contributed by atoms with Crippen molar-refractivity contribution in [2.45, 2.75) is 26.8 Å². The van der Waals surface area contributed by atoms with Crippen LogP contribution in [-0.4, -0.2) is 20.6 Å². The fourth-order valence-corrected chi connectivity index (χ4v) is 2.59. The topological polar surface area (TPSA) is 99.3 Å². The average Bonchev–Trinajstić information content (AvgIpc) is 3.07. The molecular formula is C20H20N4O4. The average molecular weight is 380 g/mol. The van der Waals surface area contributed by atoms with Gasteiger partial charge in [0.2, 0.25) is 5.91 Å². The van der Waals surface area contributed by atoms with Crippen LogP contribution in [0.5, 0.6) is 11.5 Å². The molecule has 0 aliphatic heterocycles. The fourth-order valence-electron chi connectivity index (χ4n) is 2.59. The summed E-state index contributed by atoms with van der Waals surface area (Å²) in [6, 6.07) is 11.5. The van der Waals surface area contributed by atoms with Crippen molar-refractivity contribution in [1.82, 2.24) is 9.78 Å². The SMILES string of the molecule is Cc1ccc(Oc2cc(NC(=O)CCn3cc(C)cn3)cc([N+](=O)[O-])c2)cc1. The lowest BCUT2D eigenvalue weighted by Crippen LogP contribution is -2.14. The van der Waals surface area contributed by atoms with Gasteiger partial charge in [0, 0.05) is 31.3 Å². The molecule has 0 unspecified atom stereocenters. The number of anilines is 1. The lowest BCUT2D eigenvalue weighted by molar-refractivity contribution is -0.384. The molecular weight excluding hydrogens is 360 g/mol. The number of nitro benzene ring substituents is 1. The highest BCUT2D eigenvalue weighted by Gasteiger charge is 2.13. The van der Waals surface area contributed by atoms with E-state index in [0.717, 1.165) is 11.1 Å². The van der Waals surface area contributed by atoms with Gasteiger partial charge in [0.25, 0.3) is 5.69 Å². The Morgan fingerprint density at radius 2 is 1.89 bits per heavy atom. The monoisotopic (exact) mass is 380 g/mol. The molecule has 0 fully saturated rings. The second-order valence-electron chi connectivity index (χ2n) is 6.47. The molecule has 0 saturated heterocycles. The van der Waals surface area contributed by atoms with Crippen molar-refractivity contribution in [3.8, 4) is 11.5 Å². The number of hydrogen-bond acceptors (Lipinski definition) is 5. The second kappa shape index (κ2) is 8.34. The van der Waals surface area contributed by atoms with Gasteiger partial charge in [-0.15, -0.1) is 0 Å². The summed E-state index contributed by atoms with van der Waals surface area (Å²) in [6.45, 7) is 4.29. The Balaban J connectivity index is 1.72. The molecule has 3 rings (SSSR count). The summed E-state index contributed by atoms with van der Waals surface area (Å²) >= 11 is 0. The molecule has 8 nitrogen and oxygen atoms in total. The second-order valence-corrected chi connectivity index (χ2v) is 6.47. The molecule has 8 heteroatoms. The number of aromatic nitrogens is 2. The van der Waals surface area contributed by atoms with E-state index in [1.165, 1.54) is 12.1 Å². The van der Waals surface area contributed by atoms with Crippen molar-refractivity contribution in [3.63, 3.8) is 0 Å². The van der Waals surface area contributed by atoms with E-state index in [0.29, 0.717) is 18.0 Å². The third kappa shape index (κ3) is 5.16. The van der Waals surface area contributed by atoms with Gasteiger partial charge in [-0.1, -0.05) is 17.7 Å². The minimum absolute atomic E-state index is 0.164. The van der Waals surface area contributed by atoms with E-state index in [1.54, 1.807) is 29.1 Å². The van der Waals surface area contributed by atoms with E-state index < -0.39 is 4.92 Å². The molecule has 3 aromatic rings. The maximum absolute atomic E-state index is 12.2. The molecule has 0 atom stereocenters. The summed E-state index contributed by atoms with van der Waals surface area (Å²) in [7, 11) is 0. The van der Waals surface area contributed by atoms with Gasteiger partial charge in [0.1, 0.15) is 11.5 Å². The normalized spacial score (nSPS) is 10.5. The van der Waals surface area contributed by atoms with Crippen molar-refractivity contribution < 1.29 is 14.5 Å². The van der Waals surface area contributed by atoms with Gasteiger partial charge in [0.15, 0.2) is 0 Å². The van der Waals surface area contributed by atoms with E-state index >= 15 is 0 Å². The Kier molecular flexibility index (Phi) is 5.69. The van der Waals surface area contributed by atoms with Crippen LogP contribution < -0.4 is 10.1 Å². The van der Waals surface area contributed by atoms with Crippen LogP contribution in [0.1, 0.15) is 17.5 Å². The van der Waals surface area contributed by atoms with Gasteiger partial charge in [-0.25, -0.2) is 0 Å². The first kappa shape index (κ1) is 19.1. The number of ether oxygens (including phenoxy) is 1. The molecule has 0 spiro atoms. The smallest absolute Gasteiger partial charge is 0.275 e. The predicted molar refractivity (Wildman–Crippen MR) is 105 cm³/mol. The number of non-ortho nitro benzene ring substituents is 1. The van der Waals surface area contributed by atoms with Crippen LogP contribution in [-0.2, 0) is 11.3 Å². The molecule has 1 N–H and O–H groups in total. The fraction of sp³-hybridized carbons (Fsp3) is 0.200. The van der Waals surface area contributed by atoms with Gasteiger partial charge in [0.05, 0.1) is 22.9 Å². The van der Waals surface area contributed by atoms with Gasteiger partial charge < -0.3 is 10.1 Å². The zero-order valence-electron chi connectivity index (χ0n) is 15.6. The zero-order chi connectivity index (χ0) is 20.1. The minimum atomic E-state index is -0.524. The van der Waals surface area contributed by atoms with Gasteiger partial charge >= 0.3 is 0 Å². The van der Waals surface area contributed by atoms with Crippen molar-refractivity contribution in [2.75, 3.05) is 5.32 Å². The van der Waals surface area contributed by atoms with E-state index in [1.807, 2.05) is 32.2 Å². The molecule has 0 bridgehead atoms. The maximum Gasteiger partial charge on any atom is 0.275 e. The highest BCUT2D eigenvalue weighted by molar-refractivity contribution is 5.91. The van der Waals surface area contributed by atoms with Gasteiger partial charge in [-0.2, -0.15) is 5.10 Å². The highest BCUT2D eigenvalue weighted by Crippen LogP contribution is 2.30. The number of benzene rings is 2. The molecule has 2 aromatic carbocycles. The third-order valence-electron chi connectivity index (χ3n) is 3.97. The summed E-state index contributed by atoms with van der Waals surface area (Å²) in [6.07, 6.45) is 3.75. The Labute approximate surface area is 161 Å². The summed E-state index contributed by atoms with van der Waals surface area (Å²) in [5, 5.41) is 18.0. The molecule has 0 radical (unpaired) electrons. The Hall–Kier alpha value is -3.68. The first-order valence-electron chi connectivity index (χ1n) is 8.72. The summed E-state index contributed by atoms with van der Waals surface area (Å²) in [5.41, 5.74) is 2.23. The van der Waals surface area contributed by atoms with E-state index in [2.05, 4.69) is 10.4 Å². The summed E-state index contributed by atoms with van der Waals surface area (Å²) < 4.78 is 7.38. The van der Waals surface area contributed by atoms with Gasteiger partial charge in [-0.05, 0) is 31.5 Å². The van der Waals surface area contributed by atoms with Crippen molar-refractivity contribution in [1.29, 1.82) is 0 Å². The minimum Gasteiger partial charge on any atom is -0.457 e. The molecule has 144 valence electrons. The zero-order valence-corrected chi connectivity index (χ0v) is 15.6. The molecule has 0 aliphatic rings. The standard InChI is InChI=1S/C20H20N4O4/c1-14-3-5-18(6-4-14)28-19-10-16(9-17(11-19)24(26)27)22-20(25)7-8-23-13-15(2)12-21-23/h3-6,9-13H,7-8H2,1-2H3,(H,22,25). The number of nitro groups is 1. The number of carbonyl (C=O) groups is 1. The van der Waals surface area contributed by atoms with Crippen LogP contribution in [0.25, 0.3) is 0 Å². The molecule has 0 aliphatic carbocycles. The lowest BCUT2D eigenvalue weighted by atomic mass is 10.2. The van der Waals surface area contributed by atoms with Crippen LogP contribution in [0.3, 0.4) is 0 Å². The van der Waals surface area contributed by atoms with Crippen LogP contribution in [0.2, 0.25) is 0 Å². The third-order valence-corrected chi connectivity index (χ3v) is 3.97. The molecule has 1 heterocycles. The number of aryl methyl sites for hydroxylation is 3. The van der Waals surface area contributed by atoms with E-state index in [4.69, 9.17) is 4.74 Å². The van der Waals surface area contributed by atoms with Crippen molar-refractivity contribution in [3.05, 3.63) is 76.1 Å². The lowest BCUT2D eigenvalue weighted by Gasteiger charge is -2.10. The Bertz CT molecular complexity index is 996. The Morgan fingerprint density at radius 3 is 2.54 bits per heavy atom. The molecule has 28 heavy (non-hydrogen) atoms. The number of rotatable bonds is 7. The largest absolute Gasteiger partial charge is 0.457 e. The molecule has 0 saturated carbocycles. The quantitative estimate of drug-likeness (QED) is 0.488. The van der Waals surface area contributed by atoms with Crippen LogP contribution in [0.15, 0.2) is 54.9 Å². The Morgan fingerprint density at radius 1 is 1.14 bits per heavy atom. The molecule has 1 amide bonds. The first-order chi connectivity index (χ1) is 13.4. The van der Waals surface area contributed by atoms with Crippen molar-refractivity contribution >= 4 is 17.3 Å². The van der Waals surface area contributed by atoms with E-state index in [9.17, 15) is 14.9 Å². The predicted octanol–water partition coefficient (Wildman–Crippen LogP) is 4.23. The number of hydrogen-bond donors (Lipinski definition) is 1. The number of nitrogens with zero attached hydrogens (tertiary/aromatic N) is 3. The van der Waals surface area contributed by atoms with Gasteiger partial charge in [-0.3, -0.25) is 19.6 Å². The number of carbonyl (C=O) groups excluding carboxylic acids is 1. The maximum atomic E-state index is 12.2. The van der Waals surface area contributed by atoms with Crippen LogP contribution >= 0.6 is 0 Å². The molecule has 1 aromatic heterocycles.